The predicted octanol–water partition coefficient (Wildman–Crippen LogP) is 4.30. The first-order valence-electron chi connectivity index (χ1n) is 3.28. The van der Waals surface area contributed by atoms with Gasteiger partial charge in [-0.15, -0.1) is 0 Å². The van der Waals surface area contributed by atoms with E-state index in [9.17, 15) is 0 Å². The maximum Gasteiger partial charge on any atom is 0.105 e. The summed E-state index contributed by atoms with van der Waals surface area (Å²) in [5.41, 5.74) is 2.05. The van der Waals surface area contributed by atoms with Gasteiger partial charge in [-0.25, -0.2) is 4.98 Å². The molecule has 68 valence electrons. The van der Waals surface area contributed by atoms with Gasteiger partial charge in [0, 0.05) is 8.04 Å². The Morgan fingerprint density at radius 3 is 2.54 bits per heavy atom. The number of rotatable bonds is 0. The van der Waals surface area contributed by atoms with E-state index in [1.165, 1.54) is 0 Å². The average molecular weight is 528 g/mol. The molecule has 0 aliphatic heterocycles. The Kier molecular flexibility index (Phi) is 3.21. The quantitative estimate of drug-likeness (QED) is 0.309. The molecule has 1 N–H and O–H groups in total. The molecule has 2 rings (SSSR count). The largest absolute Gasteiger partial charge is 0.344 e. The van der Waals surface area contributed by atoms with Crippen LogP contribution in [-0.4, -0.2) is 9.97 Å². The van der Waals surface area contributed by atoms with Gasteiger partial charge >= 0.3 is 0 Å². The highest BCUT2D eigenvalue weighted by Crippen LogP contribution is 2.37. The number of hydrogen-bond acceptors (Lipinski definition) is 1. The number of halogens is 4. The summed E-state index contributed by atoms with van der Waals surface area (Å²) in [5.74, 6) is 0. The second-order valence-corrected chi connectivity index (χ2v) is 6.13. The zero-order chi connectivity index (χ0) is 9.59. The first kappa shape index (κ1) is 10.6. The van der Waals surface area contributed by atoms with Gasteiger partial charge < -0.3 is 4.98 Å². The molecule has 6 heteroatoms. The molecule has 0 spiro atoms. The van der Waals surface area contributed by atoms with Crippen LogP contribution in [0.1, 0.15) is 0 Å². The lowest BCUT2D eigenvalue weighted by molar-refractivity contribution is 1.34. The Bertz CT molecular complexity index is 439. The summed E-state index contributed by atoms with van der Waals surface area (Å²) in [4.78, 5) is 7.36. The molecule has 0 aliphatic rings. The Morgan fingerprint density at radius 2 is 1.85 bits per heavy atom. The van der Waals surface area contributed by atoms with Crippen LogP contribution in [0.5, 0.6) is 0 Å². The Hall–Kier alpha value is 1.11. The molecule has 0 saturated carbocycles. The molecule has 0 fully saturated rings. The van der Waals surface area contributed by atoms with Crippen molar-refractivity contribution in [3.05, 3.63) is 22.4 Å². The van der Waals surface area contributed by atoms with Crippen LogP contribution in [0, 0.1) is 7.14 Å². The van der Waals surface area contributed by atoms with Crippen LogP contribution >= 0.6 is 77.0 Å². The van der Waals surface area contributed by atoms with E-state index in [2.05, 4.69) is 87.0 Å². The average Bonchev–Trinajstić information content (AvgIpc) is 2.59. The molecule has 0 saturated heterocycles. The van der Waals surface area contributed by atoms with Crippen molar-refractivity contribution in [1.29, 1.82) is 0 Å². The lowest BCUT2D eigenvalue weighted by Crippen LogP contribution is -1.86. The van der Waals surface area contributed by atoms with Crippen molar-refractivity contribution in [1.82, 2.24) is 9.97 Å². The van der Waals surface area contributed by atoms with E-state index >= 15 is 0 Å². The summed E-state index contributed by atoms with van der Waals surface area (Å²) >= 11 is 11.7. The highest BCUT2D eigenvalue weighted by molar-refractivity contribution is 14.1. The van der Waals surface area contributed by atoms with Gasteiger partial charge in [0.05, 0.1) is 19.9 Å². The molecule has 1 aromatic heterocycles. The second-order valence-electron chi connectivity index (χ2n) is 2.38. The van der Waals surface area contributed by atoms with Gasteiger partial charge in [0.1, 0.15) is 5.52 Å². The third kappa shape index (κ3) is 1.67. The molecule has 0 radical (unpaired) electrons. The number of aromatic amines is 1. The van der Waals surface area contributed by atoms with Crippen LogP contribution in [0.4, 0.5) is 0 Å². The first-order valence-corrected chi connectivity index (χ1v) is 7.02. The Labute approximate surface area is 119 Å². The van der Waals surface area contributed by atoms with Gasteiger partial charge in [0.2, 0.25) is 0 Å². The molecule has 1 heterocycles. The fourth-order valence-electron chi connectivity index (χ4n) is 1.03. The van der Waals surface area contributed by atoms with Crippen molar-refractivity contribution in [2.75, 3.05) is 0 Å². The van der Waals surface area contributed by atoms with Crippen molar-refractivity contribution in [2.24, 2.45) is 0 Å². The number of benzene rings is 1. The molecule has 13 heavy (non-hydrogen) atoms. The summed E-state index contributed by atoms with van der Waals surface area (Å²) in [6, 6.07) is 0. The minimum Gasteiger partial charge on any atom is -0.344 e. The third-order valence-electron chi connectivity index (χ3n) is 1.64. The lowest BCUT2D eigenvalue weighted by atomic mass is 10.3. The number of nitrogens with zero attached hydrogens (tertiary/aromatic N) is 1. The van der Waals surface area contributed by atoms with Gasteiger partial charge in [-0.2, -0.15) is 0 Å². The summed E-state index contributed by atoms with van der Waals surface area (Å²) in [6.07, 6.45) is 1.71. The van der Waals surface area contributed by atoms with Gasteiger partial charge in [0.25, 0.3) is 0 Å². The Morgan fingerprint density at radius 1 is 1.15 bits per heavy atom. The van der Waals surface area contributed by atoms with E-state index in [4.69, 9.17) is 0 Å². The van der Waals surface area contributed by atoms with E-state index in [-0.39, 0.29) is 0 Å². The minimum atomic E-state index is 0.983. The number of fused-ring (bicyclic) bond motifs is 1. The molecular weight excluding hydrogens is 526 g/mol. The second kappa shape index (κ2) is 3.93. The van der Waals surface area contributed by atoms with Crippen molar-refractivity contribution < 1.29 is 0 Å². The van der Waals surface area contributed by atoms with Crippen molar-refractivity contribution in [3.63, 3.8) is 0 Å². The molecule has 0 amide bonds. The van der Waals surface area contributed by atoms with Crippen LogP contribution in [0.3, 0.4) is 0 Å². The monoisotopic (exact) mass is 526 g/mol. The van der Waals surface area contributed by atoms with E-state index in [0.717, 1.165) is 27.1 Å². The van der Waals surface area contributed by atoms with E-state index in [0.29, 0.717) is 0 Å². The van der Waals surface area contributed by atoms with E-state index < -0.39 is 0 Å². The topological polar surface area (TPSA) is 28.7 Å². The van der Waals surface area contributed by atoms with Crippen LogP contribution in [-0.2, 0) is 0 Å². The highest BCUT2D eigenvalue weighted by Gasteiger charge is 2.14. The maximum absolute atomic E-state index is 4.25. The van der Waals surface area contributed by atoms with Crippen molar-refractivity contribution >= 4 is 88.1 Å². The fraction of sp³-hybridized carbons (Fsp3) is 0. The number of aromatic nitrogens is 2. The zero-order valence-electron chi connectivity index (χ0n) is 6.04. The van der Waals surface area contributed by atoms with Crippen LogP contribution < -0.4 is 0 Å². The number of H-pyrrole nitrogens is 1. The maximum atomic E-state index is 4.25. The predicted molar refractivity (Wildman–Crippen MR) is 76.9 cm³/mol. The molecular formula is C7H2Br2I2N2. The molecule has 1 aromatic carbocycles. The standard InChI is InChI=1S/C7H2Br2I2N2/c8-2-4(10)3(9)6-7(5(2)11)13-1-12-6/h1H,(H,12,13). The summed E-state index contributed by atoms with van der Waals surface area (Å²) < 4.78 is 4.47. The fourth-order valence-corrected chi connectivity index (χ4v) is 3.92. The molecule has 2 nitrogen and oxygen atoms in total. The Balaban J connectivity index is 3.02. The number of imidazole rings is 1. The number of hydrogen-bond donors (Lipinski definition) is 1. The summed E-state index contributed by atoms with van der Waals surface area (Å²) in [6.45, 7) is 0. The van der Waals surface area contributed by atoms with Gasteiger partial charge in [-0.05, 0) is 77.0 Å². The smallest absolute Gasteiger partial charge is 0.105 e. The van der Waals surface area contributed by atoms with E-state index in [1.807, 2.05) is 0 Å². The summed E-state index contributed by atoms with van der Waals surface area (Å²) in [7, 11) is 0. The first-order chi connectivity index (χ1) is 6.13. The minimum absolute atomic E-state index is 0.983. The third-order valence-corrected chi connectivity index (χ3v) is 7.59. The highest BCUT2D eigenvalue weighted by atomic mass is 127. The number of nitrogens with one attached hydrogen (secondary N) is 1. The van der Waals surface area contributed by atoms with Gasteiger partial charge in [-0.3, -0.25) is 0 Å². The molecule has 0 bridgehead atoms. The molecule has 2 aromatic rings. The molecule has 0 unspecified atom stereocenters. The van der Waals surface area contributed by atoms with E-state index in [1.54, 1.807) is 6.33 Å². The SMILES string of the molecule is Brc1c(I)c(Br)c2nc[nH]c2c1I. The van der Waals surface area contributed by atoms with Crippen molar-refractivity contribution in [2.45, 2.75) is 0 Å². The van der Waals surface area contributed by atoms with Gasteiger partial charge in [0.15, 0.2) is 0 Å². The van der Waals surface area contributed by atoms with Gasteiger partial charge in [-0.1, -0.05) is 0 Å². The van der Waals surface area contributed by atoms with Crippen LogP contribution in [0.2, 0.25) is 0 Å². The van der Waals surface area contributed by atoms with Crippen LogP contribution in [0.25, 0.3) is 11.0 Å². The molecule has 0 aliphatic carbocycles. The molecule has 0 atom stereocenters. The lowest BCUT2D eigenvalue weighted by Gasteiger charge is -2.03. The zero-order valence-corrected chi connectivity index (χ0v) is 13.5. The van der Waals surface area contributed by atoms with Crippen molar-refractivity contribution in [3.8, 4) is 0 Å². The van der Waals surface area contributed by atoms with Crippen LogP contribution in [0.15, 0.2) is 15.3 Å². The normalized spacial score (nSPS) is 11.1. The summed E-state index contributed by atoms with van der Waals surface area (Å²) in [5, 5.41) is 0.